The van der Waals surface area contributed by atoms with Crippen molar-refractivity contribution in [3.05, 3.63) is 72.1 Å². The minimum Gasteiger partial charge on any atom is -0.317 e. The van der Waals surface area contributed by atoms with Gasteiger partial charge >= 0.3 is 0 Å². The van der Waals surface area contributed by atoms with Gasteiger partial charge in [-0.25, -0.2) is 9.97 Å². The second kappa shape index (κ2) is 7.70. The SMILES string of the molecule is CC(C)c1cn(C2C=C3c4nccc(-c5ccc(F)nc5)c4CCN3C(=O)CN2)cn1. The molecule has 0 saturated heterocycles. The number of rotatable bonds is 3. The molecule has 2 aliphatic rings. The van der Waals surface area contributed by atoms with Crippen LogP contribution in [0.25, 0.3) is 16.8 Å². The molecule has 0 fully saturated rings. The van der Waals surface area contributed by atoms with E-state index >= 15 is 0 Å². The van der Waals surface area contributed by atoms with E-state index in [-0.39, 0.29) is 18.6 Å². The Hall–Kier alpha value is -3.39. The van der Waals surface area contributed by atoms with Gasteiger partial charge in [-0.3, -0.25) is 15.1 Å². The molecule has 31 heavy (non-hydrogen) atoms. The molecule has 158 valence electrons. The number of carbonyl (C=O) groups excluding carboxylic acids is 1. The van der Waals surface area contributed by atoms with E-state index in [1.54, 1.807) is 23.5 Å². The topological polar surface area (TPSA) is 75.9 Å². The number of imidazole rings is 1. The maximum atomic E-state index is 13.3. The maximum Gasteiger partial charge on any atom is 0.241 e. The number of amides is 1. The normalized spacial score (nSPS) is 18.5. The molecule has 3 aromatic heterocycles. The van der Waals surface area contributed by atoms with Crippen LogP contribution in [0, 0.1) is 5.95 Å². The van der Waals surface area contributed by atoms with Gasteiger partial charge in [0, 0.05) is 30.7 Å². The van der Waals surface area contributed by atoms with Gasteiger partial charge in [-0.15, -0.1) is 0 Å². The Balaban J connectivity index is 1.60. The first-order valence-electron chi connectivity index (χ1n) is 10.4. The summed E-state index contributed by atoms with van der Waals surface area (Å²) >= 11 is 0. The molecule has 5 heterocycles. The fourth-order valence-corrected chi connectivity index (χ4v) is 4.16. The Morgan fingerprint density at radius 3 is 2.81 bits per heavy atom. The Labute approximate surface area is 179 Å². The minimum atomic E-state index is -0.509. The highest BCUT2D eigenvalue weighted by Crippen LogP contribution is 2.35. The van der Waals surface area contributed by atoms with Crippen LogP contribution in [-0.4, -0.2) is 43.4 Å². The molecule has 2 aliphatic heterocycles. The lowest BCUT2D eigenvalue weighted by Gasteiger charge is -2.31. The maximum absolute atomic E-state index is 13.3. The third-order valence-corrected chi connectivity index (χ3v) is 5.83. The predicted octanol–water partition coefficient (Wildman–Crippen LogP) is 3.13. The lowest BCUT2D eigenvalue weighted by molar-refractivity contribution is -0.127. The number of halogens is 1. The number of aromatic nitrogens is 4. The fraction of sp³-hybridized carbons (Fsp3) is 0.304. The van der Waals surface area contributed by atoms with Crippen LogP contribution in [0.2, 0.25) is 0 Å². The molecule has 0 bridgehead atoms. The molecule has 7 nitrogen and oxygen atoms in total. The van der Waals surface area contributed by atoms with Gasteiger partial charge in [0.1, 0.15) is 6.17 Å². The molecule has 0 aromatic carbocycles. The van der Waals surface area contributed by atoms with Crippen LogP contribution < -0.4 is 5.32 Å². The van der Waals surface area contributed by atoms with Crippen molar-refractivity contribution in [1.29, 1.82) is 0 Å². The van der Waals surface area contributed by atoms with Crippen LogP contribution in [0.1, 0.15) is 42.9 Å². The molecule has 0 saturated carbocycles. The average Bonchev–Trinajstić information content (AvgIpc) is 3.20. The summed E-state index contributed by atoms with van der Waals surface area (Å²) in [6.07, 6.45) is 9.56. The van der Waals surface area contributed by atoms with Crippen molar-refractivity contribution < 1.29 is 9.18 Å². The number of nitrogens with zero attached hydrogens (tertiary/aromatic N) is 5. The second-order valence-corrected chi connectivity index (χ2v) is 8.13. The smallest absolute Gasteiger partial charge is 0.241 e. The van der Waals surface area contributed by atoms with Crippen molar-refractivity contribution in [2.24, 2.45) is 0 Å². The highest BCUT2D eigenvalue weighted by Gasteiger charge is 2.32. The average molecular weight is 418 g/mol. The Morgan fingerprint density at radius 2 is 2.06 bits per heavy atom. The van der Waals surface area contributed by atoms with Crippen LogP contribution in [0.5, 0.6) is 0 Å². The van der Waals surface area contributed by atoms with Gasteiger partial charge in [0.05, 0.1) is 30.0 Å². The lowest BCUT2D eigenvalue weighted by atomic mass is 9.93. The number of carbonyl (C=O) groups is 1. The van der Waals surface area contributed by atoms with Crippen molar-refractivity contribution >= 4 is 11.6 Å². The van der Waals surface area contributed by atoms with E-state index < -0.39 is 5.95 Å². The van der Waals surface area contributed by atoms with Crippen LogP contribution in [0.4, 0.5) is 4.39 Å². The molecule has 0 spiro atoms. The third kappa shape index (κ3) is 3.53. The molecular weight excluding hydrogens is 395 g/mol. The summed E-state index contributed by atoms with van der Waals surface area (Å²) in [7, 11) is 0. The summed E-state index contributed by atoms with van der Waals surface area (Å²) in [5.74, 6) is -0.175. The van der Waals surface area contributed by atoms with Crippen LogP contribution in [0.3, 0.4) is 0 Å². The van der Waals surface area contributed by atoms with Crippen LogP contribution in [0.15, 0.2) is 49.2 Å². The number of hydrogen-bond donors (Lipinski definition) is 1. The Morgan fingerprint density at radius 1 is 1.19 bits per heavy atom. The van der Waals surface area contributed by atoms with E-state index in [1.165, 1.54) is 12.3 Å². The van der Waals surface area contributed by atoms with E-state index in [0.717, 1.165) is 33.8 Å². The van der Waals surface area contributed by atoms with Crippen molar-refractivity contribution in [3.63, 3.8) is 0 Å². The molecule has 5 rings (SSSR count). The van der Waals surface area contributed by atoms with Crippen LogP contribution >= 0.6 is 0 Å². The quantitative estimate of drug-likeness (QED) is 0.662. The molecule has 0 aliphatic carbocycles. The summed E-state index contributed by atoms with van der Waals surface area (Å²) in [5, 5.41) is 3.32. The van der Waals surface area contributed by atoms with Crippen LogP contribution in [-0.2, 0) is 11.2 Å². The fourth-order valence-electron chi connectivity index (χ4n) is 4.16. The first-order valence-corrected chi connectivity index (χ1v) is 10.4. The van der Waals surface area contributed by atoms with Crippen molar-refractivity contribution in [3.8, 4) is 11.1 Å². The number of hydrogen-bond acceptors (Lipinski definition) is 5. The van der Waals surface area contributed by atoms with Gasteiger partial charge in [-0.1, -0.05) is 13.8 Å². The molecule has 8 heteroatoms. The largest absolute Gasteiger partial charge is 0.317 e. The van der Waals surface area contributed by atoms with Gasteiger partial charge in [-0.05, 0) is 47.7 Å². The summed E-state index contributed by atoms with van der Waals surface area (Å²) in [6.45, 7) is 5.01. The Kier molecular flexibility index (Phi) is 4.86. The Bertz CT molecular complexity index is 1170. The van der Waals surface area contributed by atoms with Gasteiger partial charge in [0.15, 0.2) is 0 Å². The van der Waals surface area contributed by atoms with E-state index in [2.05, 4.69) is 34.1 Å². The molecular formula is C23H23FN6O. The summed E-state index contributed by atoms with van der Waals surface area (Å²) in [6, 6.07) is 5.00. The van der Waals surface area contributed by atoms with Gasteiger partial charge in [-0.2, -0.15) is 4.39 Å². The number of nitrogens with one attached hydrogen (secondary N) is 1. The van der Waals surface area contributed by atoms with E-state index in [4.69, 9.17) is 0 Å². The molecule has 0 radical (unpaired) electrons. The first-order chi connectivity index (χ1) is 15.0. The van der Waals surface area contributed by atoms with Gasteiger partial charge < -0.3 is 9.47 Å². The second-order valence-electron chi connectivity index (χ2n) is 8.13. The zero-order valence-corrected chi connectivity index (χ0v) is 17.4. The summed E-state index contributed by atoms with van der Waals surface area (Å²) in [5.41, 5.74) is 5.41. The lowest BCUT2D eigenvalue weighted by Crippen LogP contribution is -2.39. The van der Waals surface area contributed by atoms with E-state index in [1.807, 2.05) is 22.9 Å². The predicted molar refractivity (Wildman–Crippen MR) is 114 cm³/mol. The van der Waals surface area contributed by atoms with Crippen molar-refractivity contribution in [2.45, 2.75) is 32.4 Å². The zero-order valence-electron chi connectivity index (χ0n) is 17.4. The minimum absolute atomic E-state index is 0.0132. The molecule has 1 amide bonds. The highest BCUT2D eigenvalue weighted by atomic mass is 19.1. The number of fused-ring (bicyclic) bond motifs is 3. The molecule has 1 N–H and O–H groups in total. The molecule has 1 unspecified atom stereocenters. The first kappa shape index (κ1) is 19.6. The monoisotopic (exact) mass is 418 g/mol. The molecule has 1 atom stereocenters. The van der Waals surface area contributed by atoms with Gasteiger partial charge in [0.2, 0.25) is 11.9 Å². The van der Waals surface area contributed by atoms with E-state index in [9.17, 15) is 9.18 Å². The van der Waals surface area contributed by atoms with E-state index in [0.29, 0.717) is 18.9 Å². The molecule has 3 aromatic rings. The standard InChI is InChI=1S/C23H23FN6O/c1-14(2)18-12-29(13-28-18)21-9-19-23-17(6-8-30(19)22(31)11-27-21)16(5-7-25-23)15-3-4-20(24)26-10-15/h3-5,7,9-10,12-14,21,27H,6,8,11H2,1-2H3. The van der Waals surface area contributed by atoms with Crippen molar-refractivity contribution in [2.75, 3.05) is 13.1 Å². The zero-order chi connectivity index (χ0) is 21.5. The van der Waals surface area contributed by atoms with Gasteiger partial charge in [0.25, 0.3) is 0 Å². The summed E-state index contributed by atoms with van der Waals surface area (Å²) in [4.78, 5) is 27.6. The highest BCUT2D eigenvalue weighted by molar-refractivity contribution is 5.91. The van der Waals surface area contributed by atoms with Crippen molar-refractivity contribution in [1.82, 2.24) is 29.7 Å². The number of pyridine rings is 2. The third-order valence-electron chi connectivity index (χ3n) is 5.83. The summed E-state index contributed by atoms with van der Waals surface area (Å²) < 4.78 is 15.3.